The molecule has 0 fully saturated rings. The van der Waals surface area contributed by atoms with E-state index in [9.17, 15) is 13.2 Å². The van der Waals surface area contributed by atoms with Gasteiger partial charge in [0.25, 0.3) is 10.1 Å². The van der Waals surface area contributed by atoms with Crippen LogP contribution in [0.1, 0.15) is 46.6 Å². The number of carbonyl (C=O) groups excluding carboxylic acids is 1. The average Bonchev–Trinajstić information content (AvgIpc) is 2.81. The number of fused-ring (bicyclic) bond motifs is 1. The number of hydrogen-bond donors (Lipinski definition) is 0. The fourth-order valence-corrected chi connectivity index (χ4v) is 6.44. The lowest BCUT2D eigenvalue weighted by molar-refractivity contribution is -0.143. The van der Waals surface area contributed by atoms with Crippen LogP contribution in [0.15, 0.2) is 77.7 Å². The maximum atomic E-state index is 12.9. The van der Waals surface area contributed by atoms with Crippen molar-refractivity contribution in [1.82, 2.24) is 0 Å². The molecule has 6 rings (SSSR count). The first-order chi connectivity index (χ1) is 15.9. The number of carbonyl (C=O) groups is 1. The van der Waals surface area contributed by atoms with Crippen LogP contribution in [0.3, 0.4) is 0 Å². The van der Waals surface area contributed by atoms with Crippen molar-refractivity contribution in [2.75, 3.05) is 13.2 Å². The summed E-state index contributed by atoms with van der Waals surface area (Å²) in [5.41, 5.74) is 5.81. The molecule has 0 aliphatic heterocycles. The van der Waals surface area contributed by atoms with Crippen LogP contribution in [-0.4, -0.2) is 27.6 Å². The number of aryl methyl sites for hydroxylation is 1. The number of esters is 1. The monoisotopic (exact) mass is 462 g/mol. The first-order valence-electron chi connectivity index (χ1n) is 11.1. The van der Waals surface area contributed by atoms with Crippen LogP contribution in [0.5, 0.6) is 0 Å². The van der Waals surface area contributed by atoms with Crippen LogP contribution >= 0.6 is 0 Å². The second kappa shape index (κ2) is 8.43. The van der Waals surface area contributed by atoms with Crippen molar-refractivity contribution in [2.24, 2.45) is 11.8 Å². The molecule has 3 aliphatic carbocycles. The van der Waals surface area contributed by atoms with Gasteiger partial charge in [-0.3, -0.25) is 8.98 Å². The topological polar surface area (TPSA) is 69.7 Å². The minimum Gasteiger partial charge on any atom is -0.466 e. The van der Waals surface area contributed by atoms with Gasteiger partial charge in [-0.15, -0.1) is 0 Å². The van der Waals surface area contributed by atoms with E-state index in [1.807, 2.05) is 31.2 Å². The number of ether oxygens (including phenoxy) is 1. The molecule has 0 heterocycles. The number of benzene rings is 3. The minimum absolute atomic E-state index is 0.0115. The van der Waals surface area contributed by atoms with Gasteiger partial charge in [0, 0.05) is 30.6 Å². The minimum atomic E-state index is -3.91. The SMILES string of the molecule is CC(=O)OC[C@@H]1C2c3ccccc3C(c3ccccc32)[C@H]1COS(=O)(=O)c1ccc(C)cc1. The Morgan fingerprint density at radius 1 is 0.758 bits per heavy atom. The van der Waals surface area contributed by atoms with E-state index in [-0.39, 0.29) is 47.8 Å². The molecular formula is C27H26O5S. The van der Waals surface area contributed by atoms with E-state index in [4.69, 9.17) is 8.92 Å². The molecule has 0 radical (unpaired) electrons. The van der Waals surface area contributed by atoms with Crippen LogP contribution < -0.4 is 0 Å². The third-order valence-electron chi connectivity index (χ3n) is 6.94. The van der Waals surface area contributed by atoms with Crippen molar-refractivity contribution in [3.05, 3.63) is 101 Å². The highest BCUT2D eigenvalue weighted by molar-refractivity contribution is 7.86. The van der Waals surface area contributed by atoms with E-state index in [1.165, 1.54) is 29.2 Å². The Kier molecular flexibility index (Phi) is 5.59. The smallest absolute Gasteiger partial charge is 0.302 e. The summed E-state index contributed by atoms with van der Waals surface area (Å²) in [6.45, 7) is 3.55. The Labute approximate surface area is 194 Å². The van der Waals surface area contributed by atoms with Gasteiger partial charge >= 0.3 is 5.97 Å². The molecule has 3 aromatic rings. The predicted molar refractivity (Wildman–Crippen MR) is 124 cm³/mol. The molecule has 170 valence electrons. The summed E-state index contributed by atoms with van der Waals surface area (Å²) in [4.78, 5) is 11.8. The Hall–Kier alpha value is -2.96. The molecule has 5 nitrogen and oxygen atoms in total. The maximum Gasteiger partial charge on any atom is 0.302 e. The highest BCUT2D eigenvalue weighted by Crippen LogP contribution is 2.58. The summed E-state index contributed by atoms with van der Waals surface area (Å²) < 4.78 is 37.0. The van der Waals surface area contributed by atoms with Crippen molar-refractivity contribution in [3.8, 4) is 0 Å². The van der Waals surface area contributed by atoms with Gasteiger partial charge in [0.2, 0.25) is 0 Å². The molecule has 3 aliphatic rings. The van der Waals surface area contributed by atoms with E-state index in [0.29, 0.717) is 0 Å². The van der Waals surface area contributed by atoms with Gasteiger partial charge in [0.1, 0.15) is 0 Å². The number of rotatable bonds is 6. The van der Waals surface area contributed by atoms with Crippen molar-refractivity contribution >= 4 is 16.1 Å². The van der Waals surface area contributed by atoms with Crippen molar-refractivity contribution < 1.29 is 22.1 Å². The van der Waals surface area contributed by atoms with Crippen molar-refractivity contribution in [2.45, 2.75) is 30.6 Å². The molecule has 3 aromatic carbocycles. The van der Waals surface area contributed by atoms with E-state index in [2.05, 4.69) is 24.3 Å². The van der Waals surface area contributed by atoms with Gasteiger partial charge < -0.3 is 4.74 Å². The Morgan fingerprint density at radius 2 is 1.21 bits per heavy atom. The summed E-state index contributed by atoms with van der Waals surface area (Å²) in [6, 6.07) is 23.2. The molecule has 6 heteroatoms. The summed E-state index contributed by atoms with van der Waals surface area (Å²) >= 11 is 0. The Morgan fingerprint density at radius 3 is 1.67 bits per heavy atom. The molecule has 0 saturated carbocycles. The van der Waals surface area contributed by atoms with Gasteiger partial charge in [-0.25, -0.2) is 0 Å². The molecule has 0 saturated heterocycles. The van der Waals surface area contributed by atoms with Crippen LogP contribution in [0.25, 0.3) is 0 Å². The standard InChI is InChI=1S/C27H26O5S/c1-17-11-13-19(14-12-17)33(29,30)32-16-25-24(15-31-18(2)28)26-20-7-3-5-9-22(20)27(25)23-10-6-4-8-21(23)26/h3-14,24-27H,15-16H2,1-2H3/t24-,25-,26?,27?/m0/s1. The molecule has 0 amide bonds. The van der Waals surface area contributed by atoms with E-state index in [1.54, 1.807) is 24.3 Å². The average molecular weight is 463 g/mol. The number of hydrogen-bond acceptors (Lipinski definition) is 5. The lowest BCUT2D eigenvalue weighted by Crippen LogP contribution is -2.44. The highest BCUT2D eigenvalue weighted by atomic mass is 32.2. The largest absolute Gasteiger partial charge is 0.466 e. The maximum absolute atomic E-state index is 12.9. The van der Waals surface area contributed by atoms with E-state index < -0.39 is 10.1 Å². The lowest BCUT2D eigenvalue weighted by atomic mass is 9.54. The zero-order valence-corrected chi connectivity index (χ0v) is 19.4. The first-order valence-corrected chi connectivity index (χ1v) is 12.5. The third kappa shape index (κ3) is 3.87. The van der Waals surface area contributed by atoms with Crippen LogP contribution in [-0.2, 0) is 23.8 Å². The summed E-state index contributed by atoms with van der Waals surface area (Å²) in [7, 11) is -3.91. The zero-order valence-electron chi connectivity index (χ0n) is 18.6. The summed E-state index contributed by atoms with van der Waals surface area (Å²) in [5, 5.41) is 0. The molecule has 2 bridgehead atoms. The molecular weight excluding hydrogens is 436 g/mol. The molecule has 0 spiro atoms. The fourth-order valence-electron chi connectivity index (χ4n) is 5.50. The van der Waals surface area contributed by atoms with Crippen molar-refractivity contribution in [1.29, 1.82) is 0 Å². The predicted octanol–water partition coefficient (Wildman–Crippen LogP) is 4.79. The summed E-state index contributed by atoms with van der Waals surface area (Å²) in [5.74, 6) is -0.602. The third-order valence-corrected chi connectivity index (χ3v) is 8.24. The first kappa shape index (κ1) is 21.9. The van der Waals surface area contributed by atoms with Gasteiger partial charge in [0.05, 0.1) is 18.1 Å². The van der Waals surface area contributed by atoms with E-state index >= 15 is 0 Å². The fraction of sp³-hybridized carbons (Fsp3) is 0.296. The Balaban J connectivity index is 1.53. The van der Waals surface area contributed by atoms with Crippen molar-refractivity contribution in [3.63, 3.8) is 0 Å². The van der Waals surface area contributed by atoms with Crippen LogP contribution in [0.2, 0.25) is 0 Å². The molecule has 0 aromatic heterocycles. The van der Waals surface area contributed by atoms with Gasteiger partial charge in [-0.05, 0) is 41.3 Å². The second-order valence-corrected chi connectivity index (χ2v) is 10.5. The van der Waals surface area contributed by atoms with Gasteiger partial charge in [-0.1, -0.05) is 66.2 Å². The van der Waals surface area contributed by atoms with Gasteiger partial charge in [0.15, 0.2) is 0 Å². The Bertz CT molecular complexity index is 1250. The van der Waals surface area contributed by atoms with Crippen LogP contribution in [0.4, 0.5) is 0 Å². The normalized spacial score (nSPS) is 23.0. The lowest BCUT2D eigenvalue weighted by Gasteiger charge is -2.50. The molecule has 0 unspecified atom stereocenters. The molecule has 0 N–H and O–H groups in total. The zero-order chi connectivity index (χ0) is 23.2. The quantitative estimate of drug-likeness (QED) is 0.389. The van der Waals surface area contributed by atoms with Gasteiger partial charge in [-0.2, -0.15) is 8.42 Å². The molecule has 2 atom stereocenters. The highest BCUT2D eigenvalue weighted by Gasteiger charge is 2.50. The second-order valence-electron chi connectivity index (χ2n) is 8.90. The summed E-state index contributed by atoms with van der Waals surface area (Å²) in [6.07, 6.45) is 0. The molecule has 33 heavy (non-hydrogen) atoms. The van der Waals surface area contributed by atoms with Crippen LogP contribution in [0, 0.1) is 18.8 Å². The van der Waals surface area contributed by atoms with E-state index in [0.717, 1.165) is 5.56 Å².